The zero-order valence-electron chi connectivity index (χ0n) is 14.5. The van der Waals surface area contributed by atoms with Gasteiger partial charge in [-0.15, -0.1) is 0 Å². The molecule has 1 amide bonds. The molecule has 25 heavy (non-hydrogen) atoms. The minimum atomic E-state index is -0.0949. The summed E-state index contributed by atoms with van der Waals surface area (Å²) in [6, 6.07) is 7.19. The second kappa shape index (κ2) is 6.89. The fraction of sp³-hybridized carbons (Fsp3) is 0.444. The molecule has 1 N–H and O–H groups in total. The number of amides is 1. The van der Waals surface area contributed by atoms with Crippen LogP contribution in [0.3, 0.4) is 0 Å². The van der Waals surface area contributed by atoms with Gasteiger partial charge in [-0.3, -0.25) is 4.79 Å². The average Bonchev–Trinajstić information content (AvgIpc) is 3.14. The van der Waals surface area contributed by atoms with Gasteiger partial charge in [-0.25, -0.2) is 0 Å². The van der Waals surface area contributed by atoms with Gasteiger partial charge in [0.25, 0.3) is 0 Å². The van der Waals surface area contributed by atoms with Gasteiger partial charge >= 0.3 is 0 Å². The number of hydrogen-bond donors (Lipinski definition) is 1. The Morgan fingerprint density at radius 3 is 2.68 bits per heavy atom. The predicted octanol–water partition coefficient (Wildman–Crippen LogP) is 4.89. The Kier molecular flexibility index (Phi) is 4.98. The molecule has 2 heterocycles. The first-order valence-corrected chi connectivity index (χ1v) is 8.99. The Morgan fingerprint density at radius 1 is 1.28 bits per heavy atom. The lowest BCUT2D eigenvalue weighted by molar-refractivity contribution is -0.117. The van der Waals surface area contributed by atoms with E-state index in [2.05, 4.69) is 31.2 Å². The fourth-order valence-electron chi connectivity index (χ4n) is 2.86. The largest absolute Gasteiger partial charge is 0.365 e. The lowest BCUT2D eigenvalue weighted by Gasteiger charge is -2.25. The van der Waals surface area contributed by atoms with Crippen LogP contribution in [0.15, 0.2) is 28.8 Å². The summed E-state index contributed by atoms with van der Waals surface area (Å²) in [5, 5.41) is 8.24. The SMILES string of the molecule is CC(C)(C)c1cc(NCC2CCC(=O)N2c2ccc(Cl)c(Cl)c2)no1. The number of anilines is 2. The van der Waals surface area contributed by atoms with E-state index in [1.807, 2.05) is 12.1 Å². The fourth-order valence-corrected chi connectivity index (χ4v) is 3.15. The molecule has 1 fully saturated rings. The summed E-state index contributed by atoms with van der Waals surface area (Å²) < 4.78 is 5.38. The first kappa shape index (κ1) is 18.1. The molecule has 134 valence electrons. The monoisotopic (exact) mass is 381 g/mol. The summed E-state index contributed by atoms with van der Waals surface area (Å²) in [5.74, 6) is 1.58. The van der Waals surface area contributed by atoms with Crippen LogP contribution in [0.25, 0.3) is 0 Å². The number of nitrogens with one attached hydrogen (secondary N) is 1. The van der Waals surface area contributed by atoms with Gasteiger partial charge in [0, 0.05) is 30.1 Å². The standard InChI is InChI=1S/C18H21Cl2N3O2/c1-18(2,3)15-9-16(22-25-15)21-10-12-5-7-17(24)23(12)11-4-6-13(19)14(20)8-11/h4,6,8-9,12H,5,7,10H2,1-3H3,(H,21,22). The maximum Gasteiger partial charge on any atom is 0.227 e. The molecule has 1 aromatic heterocycles. The van der Waals surface area contributed by atoms with Crippen molar-refractivity contribution in [1.82, 2.24) is 5.16 Å². The van der Waals surface area contributed by atoms with Crippen molar-refractivity contribution in [3.8, 4) is 0 Å². The van der Waals surface area contributed by atoms with Crippen molar-refractivity contribution in [2.75, 3.05) is 16.8 Å². The first-order chi connectivity index (χ1) is 11.8. The van der Waals surface area contributed by atoms with E-state index in [1.54, 1.807) is 17.0 Å². The summed E-state index contributed by atoms with van der Waals surface area (Å²) in [6.07, 6.45) is 1.29. The molecule has 0 aliphatic carbocycles. The van der Waals surface area contributed by atoms with Crippen LogP contribution in [-0.2, 0) is 10.2 Å². The van der Waals surface area contributed by atoms with Crippen molar-refractivity contribution in [3.05, 3.63) is 40.1 Å². The summed E-state index contributed by atoms with van der Waals surface area (Å²) in [5.41, 5.74) is 0.668. The maximum absolute atomic E-state index is 12.3. The highest BCUT2D eigenvalue weighted by Crippen LogP contribution is 2.32. The molecule has 0 spiro atoms. The average molecular weight is 382 g/mol. The lowest BCUT2D eigenvalue weighted by atomic mass is 9.93. The summed E-state index contributed by atoms with van der Waals surface area (Å²) in [4.78, 5) is 14.1. The smallest absolute Gasteiger partial charge is 0.227 e. The molecule has 1 unspecified atom stereocenters. The molecule has 7 heteroatoms. The van der Waals surface area contributed by atoms with Crippen LogP contribution in [0, 0.1) is 0 Å². The van der Waals surface area contributed by atoms with E-state index >= 15 is 0 Å². The minimum absolute atomic E-state index is 0.0273. The van der Waals surface area contributed by atoms with E-state index in [9.17, 15) is 4.79 Å². The van der Waals surface area contributed by atoms with Gasteiger partial charge in [-0.2, -0.15) is 0 Å². The molecule has 0 bridgehead atoms. The van der Waals surface area contributed by atoms with Gasteiger partial charge in [0.05, 0.1) is 16.1 Å². The van der Waals surface area contributed by atoms with Crippen LogP contribution in [0.2, 0.25) is 10.0 Å². The van der Waals surface area contributed by atoms with Crippen LogP contribution in [0.5, 0.6) is 0 Å². The zero-order chi connectivity index (χ0) is 18.2. The number of nitrogens with zero attached hydrogens (tertiary/aromatic N) is 2. The zero-order valence-corrected chi connectivity index (χ0v) is 16.0. The van der Waals surface area contributed by atoms with Crippen LogP contribution in [0.4, 0.5) is 11.5 Å². The van der Waals surface area contributed by atoms with Gasteiger partial charge in [-0.1, -0.05) is 49.1 Å². The minimum Gasteiger partial charge on any atom is -0.365 e. The summed E-state index contributed by atoms with van der Waals surface area (Å²) in [7, 11) is 0. The maximum atomic E-state index is 12.3. The highest BCUT2D eigenvalue weighted by Gasteiger charge is 2.32. The van der Waals surface area contributed by atoms with Crippen LogP contribution >= 0.6 is 23.2 Å². The summed E-state index contributed by atoms with van der Waals surface area (Å²) >= 11 is 12.1. The number of carbonyl (C=O) groups is 1. The van der Waals surface area contributed by atoms with Gasteiger partial charge in [0.15, 0.2) is 5.82 Å². The van der Waals surface area contributed by atoms with E-state index in [0.29, 0.717) is 28.8 Å². The van der Waals surface area contributed by atoms with Gasteiger partial charge in [-0.05, 0) is 24.6 Å². The van der Waals surface area contributed by atoms with Crippen LogP contribution in [-0.4, -0.2) is 23.7 Å². The Hall–Kier alpha value is -1.72. The third-order valence-corrected chi connectivity index (χ3v) is 5.01. The Bertz CT molecular complexity index is 783. The Morgan fingerprint density at radius 2 is 2.04 bits per heavy atom. The van der Waals surface area contributed by atoms with Crippen molar-refractivity contribution in [2.24, 2.45) is 0 Å². The highest BCUT2D eigenvalue weighted by molar-refractivity contribution is 6.42. The quantitative estimate of drug-likeness (QED) is 0.818. The van der Waals surface area contributed by atoms with Crippen LogP contribution < -0.4 is 10.2 Å². The topological polar surface area (TPSA) is 58.4 Å². The number of aromatic nitrogens is 1. The van der Waals surface area contributed by atoms with Crippen molar-refractivity contribution in [2.45, 2.75) is 45.1 Å². The normalized spacial score (nSPS) is 18.0. The second-order valence-corrected chi connectivity index (χ2v) is 8.08. The van der Waals surface area contributed by atoms with Crippen molar-refractivity contribution >= 4 is 40.6 Å². The third kappa shape index (κ3) is 3.93. The lowest BCUT2D eigenvalue weighted by Crippen LogP contribution is -2.37. The molecule has 2 aromatic rings. The van der Waals surface area contributed by atoms with Crippen molar-refractivity contribution < 1.29 is 9.32 Å². The Balaban J connectivity index is 1.72. The van der Waals surface area contributed by atoms with E-state index in [-0.39, 0.29) is 17.4 Å². The second-order valence-electron chi connectivity index (χ2n) is 7.26. The summed E-state index contributed by atoms with van der Waals surface area (Å²) in [6.45, 7) is 6.79. The van der Waals surface area contributed by atoms with Gasteiger partial charge < -0.3 is 14.7 Å². The highest BCUT2D eigenvalue weighted by atomic mass is 35.5. The molecular formula is C18H21Cl2N3O2. The number of carbonyl (C=O) groups excluding carboxylic acids is 1. The first-order valence-electron chi connectivity index (χ1n) is 8.24. The molecule has 5 nitrogen and oxygen atoms in total. The molecule has 1 aliphatic heterocycles. The van der Waals surface area contributed by atoms with E-state index in [1.165, 1.54) is 0 Å². The Labute approximate surface area is 157 Å². The number of hydrogen-bond acceptors (Lipinski definition) is 4. The molecule has 1 atom stereocenters. The molecule has 1 aromatic carbocycles. The molecular weight excluding hydrogens is 361 g/mol. The molecule has 3 rings (SSSR count). The van der Waals surface area contributed by atoms with E-state index < -0.39 is 0 Å². The molecule has 1 saturated heterocycles. The number of benzene rings is 1. The molecule has 0 radical (unpaired) electrons. The number of rotatable bonds is 4. The van der Waals surface area contributed by atoms with E-state index in [4.69, 9.17) is 27.7 Å². The van der Waals surface area contributed by atoms with Crippen LogP contribution in [0.1, 0.15) is 39.4 Å². The van der Waals surface area contributed by atoms with Gasteiger partial charge in [0.2, 0.25) is 5.91 Å². The predicted molar refractivity (Wildman–Crippen MR) is 101 cm³/mol. The van der Waals surface area contributed by atoms with Crippen molar-refractivity contribution in [3.63, 3.8) is 0 Å². The van der Waals surface area contributed by atoms with Crippen molar-refractivity contribution in [1.29, 1.82) is 0 Å². The number of halogens is 2. The third-order valence-electron chi connectivity index (χ3n) is 4.27. The van der Waals surface area contributed by atoms with E-state index in [0.717, 1.165) is 17.9 Å². The van der Waals surface area contributed by atoms with Gasteiger partial charge in [0.1, 0.15) is 5.76 Å². The molecule has 0 saturated carbocycles. The molecule has 1 aliphatic rings.